The molecule has 0 saturated heterocycles. The van der Waals surface area contributed by atoms with Crippen LogP contribution in [0.1, 0.15) is 64.0 Å². The van der Waals surface area contributed by atoms with Crippen LogP contribution < -0.4 is 30.1 Å². The van der Waals surface area contributed by atoms with Gasteiger partial charge >= 0.3 is 31.7 Å². The molecule has 0 aliphatic heterocycles. The molecule has 1 atom stereocenters. The smallest absolute Gasteiger partial charge is 0.549 e. The molecule has 0 bridgehead atoms. The molecular formula is C39H47GaN2O13. The van der Waals surface area contributed by atoms with Gasteiger partial charge < -0.3 is 54.0 Å². The number of amides is 1. The van der Waals surface area contributed by atoms with E-state index < -0.39 is 54.4 Å². The molecule has 0 aliphatic carbocycles. The first kappa shape index (κ1) is 48.0. The molecule has 0 aliphatic rings. The van der Waals surface area contributed by atoms with Crippen molar-refractivity contribution in [2.24, 2.45) is 0 Å². The molecule has 55 heavy (non-hydrogen) atoms. The zero-order chi connectivity index (χ0) is 40.3. The van der Waals surface area contributed by atoms with Gasteiger partial charge in [-0.2, -0.15) is 0 Å². The number of carboxylic acids is 3. The molecule has 0 heterocycles. The van der Waals surface area contributed by atoms with Gasteiger partial charge in [0.25, 0.3) is 0 Å². The summed E-state index contributed by atoms with van der Waals surface area (Å²) in [7, 11) is 0. The molecule has 1 N–H and O–H groups in total. The average molecular weight is 822 g/mol. The predicted molar refractivity (Wildman–Crippen MR) is 194 cm³/mol. The second-order valence-corrected chi connectivity index (χ2v) is 12.7. The maximum atomic E-state index is 13.0. The zero-order valence-corrected chi connectivity index (χ0v) is 33.9. The van der Waals surface area contributed by atoms with Crippen molar-refractivity contribution in [2.45, 2.75) is 64.3 Å². The Morgan fingerprint density at radius 1 is 0.727 bits per heavy atom. The third-order valence-electron chi connectivity index (χ3n) is 8.31. The summed E-state index contributed by atoms with van der Waals surface area (Å²) in [5.74, 6) is -5.10. The van der Waals surface area contributed by atoms with Crippen LogP contribution in [0.4, 0.5) is 0 Å². The van der Waals surface area contributed by atoms with E-state index >= 15 is 0 Å². The molecule has 15 nitrogen and oxygen atoms in total. The van der Waals surface area contributed by atoms with Gasteiger partial charge in [-0.3, -0.25) is 9.69 Å². The Balaban J connectivity index is 0.0000151. The van der Waals surface area contributed by atoms with E-state index in [2.05, 4.69) is 18.5 Å². The largest absolute Gasteiger partial charge is 3.00 e. The molecule has 16 heteroatoms. The number of benzene rings is 2. The van der Waals surface area contributed by atoms with E-state index in [9.17, 15) is 44.1 Å². The van der Waals surface area contributed by atoms with Crippen LogP contribution in [-0.2, 0) is 43.7 Å². The zero-order valence-electron chi connectivity index (χ0n) is 31.4. The van der Waals surface area contributed by atoms with E-state index in [-0.39, 0.29) is 89.1 Å². The first-order chi connectivity index (χ1) is 25.5. The van der Waals surface area contributed by atoms with Crippen LogP contribution in [0, 0.1) is 0 Å². The van der Waals surface area contributed by atoms with Crippen LogP contribution in [0.2, 0.25) is 0 Å². The van der Waals surface area contributed by atoms with E-state index in [1.807, 2.05) is 31.2 Å². The monoisotopic (exact) mass is 820 g/mol. The van der Waals surface area contributed by atoms with Crippen molar-refractivity contribution in [3.63, 3.8) is 0 Å². The summed E-state index contributed by atoms with van der Waals surface area (Å²) >= 11 is 0. The van der Waals surface area contributed by atoms with Gasteiger partial charge in [-0.1, -0.05) is 44.3 Å². The summed E-state index contributed by atoms with van der Waals surface area (Å²) in [6.07, 6.45) is 0.931. The first-order valence-electron chi connectivity index (χ1n) is 17.3. The fraction of sp³-hybridized carbons (Fsp3) is 0.436. The predicted octanol–water partition coefficient (Wildman–Crippen LogP) is -0.405. The summed E-state index contributed by atoms with van der Waals surface area (Å²) in [6.45, 7) is 10.9. The molecule has 2 aromatic carbocycles. The first-order valence-corrected chi connectivity index (χ1v) is 17.3. The van der Waals surface area contributed by atoms with Gasteiger partial charge in [0, 0.05) is 42.6 Å². The molecule has 1 amide bonds. The SMILES string of the molecule is C=C(C)C(=O)OCCOc1ccc(C(C)(CCC(=O)NCCCCC(C(=O)[O-])N(CC(=O)[O-])CC(=O)[O-])c2ccc(OCCOC(=O)C(=C)C)cc2)cc1.[Ga+3]. The minimum Gasteiger partial charge on any atom is -0.549 e. The number of ether oxygens (including phenoxy) is 4. The number of unbranched alkanes of at least 4 members (excludes halogenated alkanes) is 1. The number of aliphatic carboxylic acids is 3. The van der Waals surface area contributed by atoms with Crippen LogP contribution in [0.25, 0.3) is 0 Å². The Kier molecular flexibility index (Phi) is 21.2. The van der Waals surface area contributed by atoms with E-state index in [1.165, 1.54) is 0 Å². The van der Waals surface area contributed by atoms with Crippen molar-refractivity contribution in [2.75, 3.05) is 46.1 Å². The maximum Gasteiger partial charge on any atom is 3.00 e. The van der Waals surface area contributed by atoms with Crippen LogP contribution >= 0.6 is 0 Å². The van der Waals surface area contributed by atoms with E-state index in [0.29, 0.717) is 29.2 Å². The number of nitrogens with zero attached hydrogens (tertiary/aromatic N) is 1. The quantitative estimate of drug-likeness (QED) is 0.0552. The van der Waals surface area contributed by atoms with Crippen molar-refractivity contribution >= 4 is 55.5 Å². The molecule has 0 radical (unpaired) electrons. The number of carbonyl (C=O) groups is 6. The third kappa shape index (κ3) is 17.3. The number of carbonyl (C=O) groups excluding carboxylic acids is 6. The Morgan fingerprint density at radius 2 is 1.16 bits per heavy atom. The normalized spacial score (nSPS) is 11.3. The second kappa shape index (κ2) is 24.4. The van der Waals surface area contributed by atoms with Gasteiger partial charge in [0.2, 0.25) is 5.91 Å². The van der Waals surface area contributed by atoms with Crippen LogP contribution in [0.15, 0.2) is 72.8 Å². The molecular weight excluding hydrogens is 774 g/mol. The molecule has 294 valence electrons. The van der Waals surface area contributed by atoms with Gasteiger partial charge in [0.15, 0.2) is 0 Å². The van der Waals surface area contributed by atoms with Crippen molar-refractivity contribution in [3.05, 3.63) is 84.0 Å². The maximum absolute atomic E-state index is 13.0. The third-order valence-corrected chi connectivity index (χ3v) is 8.31. The summed E-state index contributed by atoms with van der Waals surface area (Å²) in [5, 5.41) is 36.5. The van der Waals surface area contributed by atoms with Crippen molar-refractivity contribution in [3.8, 4) is 11.5 Å². The Hall–Kier alpha value is -5.06. The number of hydrogen-bond acceptors (Lipinski definition) is 14. The van der Waals surface area contributed by atoms with Gasteiger partial charge in [-0.25, -0.2) is 9.59 Å². The molecule has 0 saturated carbocycles. The summed E-state index contributed by atoms with van der Waals surface area (Å²) in [4.78, 5) is 70.6. The Morgan fingerprint density at radius 3 is 1.55 bits per heavy atom. The molecule has 2 aromatic rings. The molecule has 2 rings (SSSR count). The number of hydrogen-bond donors (Lipinski definition) is 1. The van der Waals surface area contributed by atoms with Crippen molar-refractivity contribution < 1.29 is 63.0 Å². The minimum absolute atomic E-state index is 0. The number of nitrogens with one attached hydrogen (secondary N) is 1. The fourth-order valence-corrected chi connectivity index (χ4v) is 5.33. The van der Waals surface area contributed by atoms with E-state index in [4.69, 9.17) is 18.9 Å². The molecule has 0 fully saturated rings. The average Bonchev–Trinajstić information content (AvgIpc) is 3.11. The van der Waals surface area contributed by atoms with Crippen molar-refractivity contribution in [1.29, 1.82) is 0 Å². The van der Waals surface area contributed by atoms with E-state index in [0.717, 1.165) is 11.1 Å². The van der Waals surface area contributed by atoms with Crippen LogP contribution in [0.5, 0.6) is 11.5 Å². The van der Waals surface area contributed by atoms with Crippen LogP contribution in [0.3, 0.4) is 0 Å². The molecule has 0 spiro atoms. The van der Waals surface area contributed by atoms with Gasteiger partial charge in [0.05, 0.1) is 23.9 Å². The van der Waals surface area contributed by atoms with Gasteiger partial charge in [-0.15, -0.1) is 0 Å². The van der Waals surface area contributed by atoms with Gasteiger partial charge in [-0.05, 0) is 74.9 Å². The standard InChI is InChI=1S/C39H50N2O13.Ga/c1-26(2)37(49)53-22-20-51-30-13-9-28(10-14-30)39(5,29-11-15-31(16-12-29)52-21-23-54-38(50)27(3)4)18-17-33(42)40-19-7-6-8-32(36(47)48)41(24-34(43)44)25-35(45)46;/h9-16,32H,1,3,6-8,17-25H2,2,4-5H3,(H,40,42)(H,43,44)(H,45,46)(H,47,48);/q;+3/p-3. The minimum atomic E-state index is -1.65. The number of esters is 2. The van der Waals surface area contributed by atoms with Crippen molar-refractivity contribution in [1.82, 2.24) is 10.2 Å². The summed E-state index contributed by atoms with van der Waals surface area (Å²) in [6, 6.07) is 13.1. The second-order valence-electron chi connectivity index (χ2n) is 12.7. The Labute approximate surface area is 333 Å². The van der Waals surface area contributed by atoms with Crippen LogP contribution in [-0.4, -0.2) is 113 Å². The number of rotatable bonds is 26. The fourth-order valence-electron chi connectivity index (χ4n) is 5.33. The van der Waals surface area contributed by atoms with Gasteiger partial charge in [0.1, 0.15) is 37.9 Å². The Bertz CT molecular complexity index is 1530. The van der Waals surface area contributed by atoms with E-state index in [1.54, 1.807) is 38.1 Å². The summed E-state index contributed by atoms with van der Waals surface area (Å²) < 4.78 is 21.6. The summed E-state index contributed by atoms with van der Waals surface area (Å²) in [5.41, 5.74) is 1.65. The topological polar surface area (TPSA) is 224 Å². The number of carboxylic acid groups (broad SMARTS) is 3. The molecule has 0 aromatic heterocycles. The molecule has 1 unspecified atom stereocenters.